The first kappa shape index (κ1) is 18.7. The third-order valence-electron chi connectivity index (χ3n) is 4.64. The highest BCUT2D eigenvalue weighted by atomic mass is 16.6. The minimum atomic E-state index is -0.439. The van der Waals surface area contributed by atoms with E-state index in [1.807, 2.05) is 30.7 Å². The highest BCUT2D eigenvalue weighted by Gasteiger charge is 2.35. The van der Waals surface area contributed by atoms with Crippen molar-refractivity contribution in [3.8, 4) is 5.69 Å². The summed E-state index contributed by atoms with van der Waals surface area (Å²) >= 11 is 0. The van der Waals surface area contributed by atoms with Gasteiger partial charge in [0, 0.05) is 6.20 Å². The van der Waals surface area contributed by atoms with Crippen molar-refractivity contribution in [1.82, 2.24) is 34.7 Å². The van der Waals surface area contributed by atoms with Crippen molar-refractivity contribution in [3.05, 3.63) is 42.5 Å². The summed E-state index contributed by atoms with van der Waals surface area (Å²) in [5.41, 5.74) is 1.66. The number of anilines is 2. The van der Waals surface area contributed by atoms with Gasteiger partial charge in [-0.3, -0.25) is 0 Å². The van der Waals surface area contributed by atoms with E-state index >= 15 is 0 Å². The quantitative estimate of drug-likeness (QED) is 0.668. The van der Waals surface area contributed by atoms with E-state index < -0.39 is 6.09 Å². The predicted molar refractivity (Wildman–Crippen MR) is 104 cm³/mol. The highest BCUT2D eigenvalue weighted by molar-refractivity contribution is 5.88. The smallest absolute Gasteiger partial charge is 0.417 e. The predicted octanol–water partition coefficient (Wildman–Crippen LogP) is 2.06. The fourth-order valence-corrected chi connectivity index (χ4v) is 3.05. The summed E-state index contributed by atoms with van der Waals surface area (Å²) < 4.78 is 7.00. The number of carbonyl (C=O) groups is 1. The molecule has 4 rings (SSSR count). The largest absolute Gasteiger partial charge is 0.447 e. The molecule has 0 bridgehead atoms. The number of nitrogens with one attached hydrogen (secondary N) is 1. The second-order valence-corrected chi connectivity index (χ2v) is 6.69. The third-order valence-corrected chi connectivity index (χ3v) is 4.64. The Hall–Kier alpha value is -3.63. The number of cyclic esters (lactones) is 1. The molecule has 0 saturated carbocycles. The number of imidazole rings is 1. The number of ether oxygens (including phenoxy) is 1. The average Bonchev–Trinajstić information content (AvgIpc) is 3.35. The van der Waals surface area contributed by atoms with Crippen molar-refractivity contribution < 1.29 is 9.53 Å². The molecule has 11 nitrogen and oxygen atoms in total. The molecule has 11 heteroatoms. The average molecular weight is 395 g/mol. The molecular weight excluding hydrogens is 374 g/mol. The van der Waals surface area contributed by atoms with Gasteiger partial charge in [-0.25, -0.2) is 14.7 Å². The van der Waals surface area contributed by atoms with Crippen LogP contribution < -0.4 is 10.2 Å². The van der Waals surface area contributed by atoms with E-state index in [4.69, 9.17) is 4.74 Å². The zero-order valence-electron chi connectivity index (χ0n) is 16.3. The van der Waals surface area contributed by atoms with Crippen molar-refractivity contribution in [3.63, 3.8) is 0 Å². The van der Waals surface area contributed by atoms with Gasteiger partial charge in [0.1, 0.15) is 12.4 Å². The van der Waals surface area contributed by atoms with Crippen LogP contribution in [0.15, 0.2) is 31.0 Å². The monoisotopic (exact) mass is 395 g/mol. The number of aromatic nitrogens is 7. The zero-order chi connectivity index (χ0) is 20.4. The molecule has 1 fully saturated rings. The lowest BCUT2D eigenvalue weighted by atomic mass is 10.2. The van der Waals surface area contributed by atoms with E-state index in [0.717, 1.165) is 17.8 Å². The number of nitrogens with zero attached hydrogens (tertiary/aromatic N) is 8. The SMILES string of the molecule is CC[C@H]1COC(=O)N1c1nc(C)nc(N[C@@H](C)c2cn(-c3ccnnc3)cn2)n1. The van der Waals surface area contributed by atoms with Crippen LogP contribution in [0.2, 0.25) is 0 Å². The Kier molecular flexibility index (Phi) is 5.02. The summed E-state index contributed by atoms with van der Waals surface area (Å²) in [7, 11) is 0. The van der Waals surface area contributed by atoms with Gasteiger partial charge in [0.05, 0.1) is 42.2 Å². The van der Waals surface area contributed by atoms with E-state index in [9.17, 15) is 4.79 Å². The van der Waals surface area contributed by atoms with Gasteiger partial charge in [0.25, 0.3) is 0 Å². The fraction of sp³-hybridized carbons (Fsp3) is 0.389. The topological polar surface area (TPSA) is 124 Å². The molecule has 1 aliphatic heterocycles. The Labute approximate surface area is 167 Å². The van der Waals surface area contributed by atoms with Crippen molar-refractivity contribution in [2.24, 2.45) is 0 Å². The molecule has 2 atom stereocenters. The minimum Gasteiger partial charge on any atom is -0.447 e. The second-order valence-electron chi connectivity index (χ2n) is 6.69. The highest BCUT2D eigenvalue weighted by Crippen LogP contribution is 2.23. The second kappa shape index (κ2) is 7.78. The Balaban J connectivity index is 1.54. The maximum atomic E-state index is 12.1. The van der Waals surface area contributed by atoms with Gasteiger partial charge >= 0.3 is 6.09 Å². The van der Waals surface area contributed by atoms with Gasteiger partial charge in [0.2, 0.25) is 11.9 Å². The van der Waals surface area contributed by atoms with Crippen LogP contribution >= 0.6 is 0 Å². The van der Waals surface area contributed by atoms with Crippen LogP contribution in [0.3, 0.4) is 0 Å². The zero-order valence-corrected chi connectivity index (χ0v) is 16.3. The van der Waals surface area contributed by atoms with E-state index in [1.165, 1.54) is 4.90 Å². The van der Waals surface area contributed by atoms with Gasteiger partial charge < -0.3 is 14.6 Å². The third kappa shape index (κ3) is 3.84. The van der Waals surface area contributed by atoms with Gasteiger partial charge in [0.15, 0.2) is 0 Å². The van der Waals surface area contributed by atoms with Crippen molar-refractivity contribution in [1.29, 1.82) is 0 Å². The molecule has 0 unspecified atom stereocenters. The molecule has 3 aromatic rings. The van der Waals surface area contributed by atoms with Crippen LogP contribution in [0.1, 0.15) is 37.8 Å². The molecule has 0 aromatic carbocycles. The molecule has 1 saturated heterocycles. The van der Waals surface area contributed by atoms with E-state index in [1.54, 1.807) is 25.6 Å². The van der Waals surface area contributed by atoms with Crippen LogP contribution in [0, 0.1) is 6.92 Å². The Morgan fingerprint density at radius 3 is 2.93 bits per heavy atom. The molecule has 1 aliphatic rings. The summed E-state index contributed by atoms with van der Waals surface area (Å²) in [6, 6.07) is 1.59. The number of amides is 1. The minimum absolute atomic E-state index is 0.0840. The molecule has 29 heavy (non-hydrogen) atoms. The summed E-state index contributed by atoms with van der Waals surface area (Å²) in [5, 5.41) is 10.9. The molecule has 3 aromatic heterocycles. The van der Waals surface area contributed by atoms with E-state index in [2.05, 4.69) is 35.5 Å². The number of hydrogen-bond acceptors (Lipinski definition) is 9. The van der Waals surface area contributed by atoms with Crippen LogP contribution in [0.5, 0.6) is 0 Å². The summed E-state index contributed by atoms with van der Waals surface area (Å²) in [6.45, 7) is 6.04. The summed E-state index contributed by atoms with van der Waals surface area (Å²) in [4.78, 5) is 31.1. The van der Waals surface area contributed by atoms with Gasteiger partial charge in [-0.15, -0.1) is 0 Å². The Morgan fingerprint density at radius 2 is 2.17 bits per heavy atom. The van der Waals surface area contributed by atoms with E-state index in [-0.39, 0.29) is 18.0 Å². The van der Waals surface area contributed by atoms with Crippen molar-refractivity contribution in [2.45, 2.75) is 39.3 Å². The Bertz CT molecular complexity index is 1010. The van der Waals surface area contributed by atoms with Crippen LogP contribution in [-0.2, 0) is 4.74 Å². The van der Waals surface area contributed by atoms with E-state index in [0.29, 0.717) is 18.4 Å². The molecule has 4 heterocycles. The lowest BCUT2D eigenvalue weighted by Crippen LogP contribution is -2.34. The first-order valence-corrected chi connectivity index (χ1v) is 9.31. The maximum Gasteiger partial charge on any atom is 0.417 e. The van der Waals surface area contributed by atoms with Crippen molar-refractivity contribution in [2.75, 3.05) is 16.8 Å². The van der Waals surface area contributed by atoms with Crippen molar-refractivity contribution >= 4 is 18.0 Å². The fourth-order valence-electron chi connectivity index (χ4n) is 3.05. The lowest BCUT2D eigenvalue weighted by molar-refractivity contribution is 0.178. The first-order chi connectivity index (χ1) is 14.0. The molecular formula is C18H21N9O2. The standard InChI is InChI=1S/C18H21N9O2/c1-4-13-9-29-18(28)27(13)17-24-12(3)23-16(25-17)22-11(2)15-8-26(10-19-15)14-5-6-20-21-7-14/h5-8,10-11,13H,4,9H2,1-3H3,(H,22,23,24,25)/t11-,13-/m0/s1. The molecule has 0 radical (unpaired) electrons. The normalized spacial score (nSPS) is 17.3. The van der Waals surface area contributed by atoms with Crippen LogP contribution in [0.25, 0.3) is 5.69 Å². The lowest BCUT2D eigenvalue weighted by Gasteiger charge is -2.19. The van der Waals surface area contributed by atoms with Gasteiger partial charge in [-0.05, 0) is 26.3 Å². The molecule has 1 amide bonds. The molecule has 150 valence electrons. The van der Waals surface area contributed by atoms with Gasteiger partial charge in [-0.1, -0.05) is 6.92 Å². The maximum absolute atomic E-state index is 12.1. The van der Waals surface area contributed by atoms with Gasteiger partial charge in [-0.2, -0.15) is 25.1 Å². The van der Waals surface area contributed by atoms with Crippen LogP contribution in [0.4, 0.5) is 16.7 Å². The molecule has 0 spiro atoms. The number of hydrogen-bond donors (Lipinski definition) is 1. The number of rotatable bonds is 6. The summed E-state index contributed by atoms with van der Waals surface area (Å²) in [5.74, 6) is 1.16. The van der Waals surface area contributed by atoms with Crippen LogP contribution in [-0.4, -0.2) is 53.4 Å². The number of carbonyl (C=O) groups excluding carboxylic acids is 1. The number of aryl methyl sites for hydroxylation is 1. The Morgan fingerprint density at radius 1 is 1.31 bits per heavy atom. The molecule has 1 N–H and O–H groups in total. The first-order valence-electron chi connectivity index (χ1n) is 9.31. The summed E-state index contributed by atoms with van der Waals surface area (Å²) in [6.07, 6.45) is 7.20. The molecule has 0 aliphatic carbocycles.